The smallest absolute Gasteiger partial charge is 0.328 e. The average Bonchev–Trinajstić information content (AvgIpc) is 2.43. The Morgan fingerprint density at radius 3 is 2.40 bits per heavy atom. The topological polar surface area (TPSA) is 125 Å². The zero-order valence-corrected chi connectivity index (χ0v) is 11.7. The van der Waals surface area contributed by atoms with E-state index in [0.717, 1.165) is 0 Å². The van der Waals surface area contributed by atoms with Gasteiger partial charge in [-0.2, -0.15) is 0 Å². The Hall–Kier alpha value is -1.67. The Morgan fingerprint density at radius 1 is 1.25 bits per heavy atom. The molecule has 8 nitrogen and oxygen atoms in total. The first kappa shape index (κ1) is 18.3. The molecular formula is C12H22N2O6. The molecule has 8 heteroatoms. The molecule has 4 N–H and O–H groups in total. The van der Waals surface area contributed by atoms with Crippen LogP contribution in [0.25, 0.3) is 0 Å². The van der Waals surface area contributed by atoms with Crippen molar-refractivity contribution in [3.63, 3.8) is 0 Å². The van der Waals surface area contributed by atoms with Gasteiger partial charge in [0.05, 0.1) is 19.6 Å². The number of carbonyl (C=O) groups is 3. The predicted molar refractivity (Wildman–Crippen MR) is 68.6 cm³/mol. The number of esters is 1. The summed E-state index contributed by atoms with van der Waals surface area (Å²) in [5, 5.41) is 20.4. The summed E-state index contributed by atoms with van der Waals surface area (Å²) < 4.78 is 4.53. The van der Waals surface area contributed by atoms with Gasteiger partial charge in [0.2, 0.25) is 11.8 Å². The molecule has 0 aliphatic rings. The Morgan fingerprint density at radius 2 is 1.90 bits per heavy atom. The third-order valence-electron chi connectivity index (χ3n) is 2.72. The van der Waals surface area contributed by atoms with Crippen LogP contribution in [0.3, 0.4) is 0 Å². The minimum atomic E-state index is -0.906. The van der Waals surface area contributed by atoms with E-state index in [1.807, 2.05) is 0 Å². The van der Waals surface area contributed by atoms with Crippen molar-refractivity contribution in [3.8, 4) is 0 Å². The summed E-state index contributed by atoms with van der Waals surface area (Å²) in [6, 6.07) is -0.722. The Bertz CT molecular complexity index is 334. The third-order valence-corrected chi connectivity index (χ3v) is 2.72. The van der Waals surface area contributed by atoms with Crippen LogP contribution in [0.1, 0.15) is 39.0 Å². The van der Waals surface area contributed by atoms with Gasteiger partial charge in [-0.1, -0.05) is 6.92 Å². The van der Waals surface area contributed by atoms with E-state index >= 15 is 0 Å². The van der Waals surface area contributed by atoms with Gasteiger partial charge in [0, 0.05) is 6.42 Å². The normalized spacial score (nSPS) is 13.2. The molecule has 2 unspecified atom stereocenters. The van der Waals surface area contributed by atoms with E-state index in [1.165, 1.54) is 12.6 Å². The molecule has 0 saturated carbocycles. The molecule has 0 spiro atoms. The number of rotatable bonds is 9. The van der Waals surface area contributed by atoms with E-state index in [0.29, 0.717) is 12.8 Å². The number of aliphatic hydroxyl groups excluding tert-OH is 1. The minimum absolute atomic E-state index is 0.0644. The lowest BCUT2D eigenvalue weighted by molar-refractivity contribution is -0.145. The number of nitrogens with one attached hydrogen (secondary N) is 2. The highest BCUT2D eigenvalue weighted by Gasteiger charge is 2.20. The molecule has 0 aromatic heterocycles. The zero-order chi connectivity index (χ0) is 15.5. The van der Waals surface area contributed by atoms with Crippen LogP contribution in [0.5, 0.6) is 0 Å². The number of methoxy groups -OCH3 is 1. The molecule has 20 heavy (non-hydrogen) atoms. The molecule has 0 aliphatic carbocycles. The number of amides is 2. The van der Waals surface area contributed by atoms with Crippen LogP contribution in [-0.4, -0.2) is 47.4 Å². The SMILES string of the molecule is CCC(NC(=O)CC(O)CCCC(=O)NO)C(=O)OC. The Balaban J connectivity index is 4.00. The van der Waals surface area contributed by atoms with Crippen LogP contribution in [0.4, 0.5) is 0 Å². The molecule has 2 atom stereocenters. The van der Waals surface area contributed by atoms with Gasteiger partial charge in [-0.3, -0.25) is 14.8 Å². The van der Waals surface area contributed by atoms with Crippen molar-refractivity contribution in [1.82, 2.24) is 10.8 Å². The van der Waals surface area contributed by atoms with Gasteiger partial charge in [0.25, 0.3) is 0 Å². The number of hydrogen-bond donors (Lipinski definition) is 4. The molecule has 0 rings (SSSR count). The van der Waals surface area contributed by atoms with Crippen LogP contribution in [-0.2, 0) is 19.1 Å². The maximum Gasteiger partial charge on any atom is 0.328 e. The van der Waals surface area contributed by atoms with Crippen LogP contribution >= 0.6 is 0 Å². The first-order chi connectivity index (χ1) is 9.44. The van der Waals surface area contributed by atoms with Crippen LogP contribution in [0, 0.1) is 0 Å². The van der Waals surface area contributed by atoms with Crippen molar-refractivity contribution in [2.75, 3.05) is 7.11 Å². The highest BCUT2D eigenvalue weighted by atomic mass is 16.5. The number of hydroxylamine groups is 1. The van der Waals surface area contributed by atoms with Gasteiger partial charge in [0.1, 0.15) is 6.04 Å². The molecule has 0 aliphatic heterocycles. The van der Waals surface area contributed by atoms with E-state index in [-0.39, 0.29) is 19.3 Å². The first-order valence-corrected chi connectivity index (χ1v) is 6.42. The fourth-order valence-corrected chi connectivity index (χ4v) is 1.59. The maximum absolute atomic E-state index is 11.6. The first-order valence-electron chi connectivity index (χ1n) is 6.42. The van der Waals surface area contributed by atoms with Crippen molar-refractivity contribution in [3.05, 3.63) is 0 Å². The number of hydrogen-bond acceptors (Lipinski definition) is 6. The molecule has 116 valence electrons. The van der Waals surface area contributed by atoms with Gasteiger partial charge in [-0.05, 0) is 19.3 Å². The third kappa shape index (κ3) is 7.70. The minimum Gasteiger partial charge on any atom is -0.467 e. The predicted octanol–water partition coefficient (Wildman–Crippen LogP) is -0.519. The van der Waals surface area contributed by atoms with E-state index in [4.69, 9.17) is 5.21 Å². The molecule has 0 fully saturated rings. The van der Waals surface area contributed by atoms with Crippen molar-refractivity contribution < 1.29 is 29.4 Å². The molecular weight excluding hydrogens is 268 g/mol. The van der Waals surface area contributed by atoms with Crippen molar-refractivity contribution in [1.29, 1.82) is 0 Å². The van der Waals surface area contributed by atoms with Gasteiger partial charge in [0.15, 0.2) is 0 Å². The highest BCUT2D eigenvalue weighted by molar-refractivity contribution is 5.84. The summed E-state index contributed by atoms with van der Waals surface area (Å²) in [5.41, 5.74) is 1.48. The van der Waals surface area contributed by atoms with Crippen LogP contribution < -0.4 is 10.8 Å². The average molecular weight is 290 g/mol. The second kappa shape index (κ2) is 10.2. The van der Waals surface area contributed by atoms with Crippen molar-refractivity contribution in [2.45, 2.75) is 51.2 Å². The molecule has 0 radical (unpaired) electrons. The van der Waals surface area contributed by atoms with Gasteiger partial charge < -0.3 is 15.2 Å². The molecule has 0 aromatic rings. The molecule has 0 aromatic carbocycles. The van der Waals surface area contributed by atoms with Gasteiger partial charge in [-0.15, -0.1) is 0 Å². The second-order valence-corrected chi connectivity index (χ2v) is 4.34. The summed E-state index contributed by atoms with van der Waals surface area (Å²) in [5.74, 6) is -1.53. The zero-order valence-electron chi connectivity index (χ0n) is 11.7. The van der Waals surface area contributed by atoms with Gasteiger partial charge >= 0.3 is 5.97 Å². The fourth-order valence-electron chi connectivity index (χ4n) is 1.59. The van der Waals surface area contributed by atoms with E-state index < -0.39 is 29.9 Å². The van der Waals surface area contributed by atoms with E-state index in [1.54, 1.807) is 6.92 Å². The largest absolute Gasteiger partial charge is 0.467 e. The second-order valence-electron chi connectivity index (χ2n) is 4.34. The molecule has 0 heterocycles. The van der Waals surface area contributed by atoms with Crippen LogP contribution in [0.2, 0.25) is 0 Å². The van der Waals surface area contributed by atoms with Crippen molar-refractivity contribution >= 4 is 17.8 Å². The highest BCUT2D eigenvalue weighted by Crippen LogP contribution is 2.05. The lowest BCUT2D eigenvalue weighted by Crippen LogP contribution is -2.42. The summed E-state index contributed by atoms with van der Waals surface area (Å²) in [7, 11) is 1.23. The standard InChI is InChI=1S/C12H22N2O6/c1-3-9(12(18)20-2)13-11(17)7-8(15)5-4-6-10(16)14-19/h8-9,15,19H,3-7H2,1-2H3,(H,13,17)(H,14,16). The lowest BCUT2D eigenvalue weighted by Gasteiger charge is -2.16. The van der Waals surface area contributed by atoms with Crippen LogP contribution in [0.15, 0.2) is 0 Å². The van der Waals surface area contributed by atoms with E-state index in [2.05, 4.69) is 10.1 Å². The Labute approximate surface area is 117 Å². The number of ether oxygens (including phenoxy) is 1. The van der Waals surface area contributed by atoms with Crippen molar-refractivity contribution in [2.24, 2.45) is 0 Å². The number of aliphatic hydroxyl groups is 1. The molecule has 0 bridgehead atoms. The summed E-state index contributed by atoms with van der Waals surface area (Å²) >= 11 is 0. The lowest BCUT2D eigenvalue weighted by atomic mass is 10.1. The van der Waals surface area contributed by atoms with Gasteiger partial charge in [-0.25, -0.2) is 10.3 Å². The fraction of sp³-hybridized carbons (Fsp3) is 0.750. The Kier molecular flexibility index (Phi) is 9.31. The summed E-state index contributed by atoms with van der Waals surface area (Å²) in [6.07, 6.45) is -0.0177. The summed E-state index contributed by atoms with van der Waals surface area (Å²) in [6.45, 7) is 1.73. The molecule has 0 saturated heterocycles. The van der Waals surface area contributed by atoms with E-state index in [9.17, 15) is 19.5 Å². The monoisotopic (exact) mass is 290 g/mol. The maximum atomic E-state index is 11.6. The quantitative estimate of drug-likeness (QED) is 0.257. The summed E-state index contributed by atoms with van der Waals surface area (Å²) in [4.78, 5) is 33.6. The number of carbonyl (C=O) groups excluding carboxylic acids is 3. The molecule has 2 amide bonds.